The smallest absolute Gasteiger partial charge is 0.251 e. The summed E-state index contributed by atoms with van der Waals surface area (Å²) in [5.41, 5.74) is 0.402. The Morgan fingerprint density at radius 2 is 1.71 bits per heavy atom. The van der Waals surface area contributed by atoms with Crippen molar-refractivity contribution in [2.24, 2.45) is 0 Å². The van der Waals surface area contributed by atoms with Crippen molar-refractivity contribution in [3.8, 4) is 0 Å². The molecule has 2 saturated heterocycles. The summed E-state index contributed by atoms with van der Waals surface area (Å²) < 4.78 is 44.5. The Kier molecular flexibility index (Phi) is 7.73. The Hall–Kier alpha value is -2.24. The molecule has 1 aromatic carbocycles. The van der Waals surface area contributed by atoms with Gasteiger partial charge >= 0.3 is 0 Å². The van der Waals surface area contributed by atoms with Crippen molar-refractivity contribution in [3.05, 3.63) is 53.5 Å². The number of furan rings is 1. The molecule has 4 rings (SSSR count). The molecule has 1 N–H and O–H groups in total. The molecule has 2 fully saturated rings. The molecule has 0 saturated carbocycles. The minimum Gasteiger partial charge on any atom is -0.465 e. The van der Waals surface area contributed by atoms with Gasteiger partial charge in [0, 0.05) is 38.3 Å². The van der Waals surface area contributed by atoms with Gasteiger partial charge < -0.3 is 19.2 Å². The van der Waals surface area contributed by atoms with E-state index in [2.05, 4.69) is 10.2 Å². The number of nitrogens with zero attached hydrogens (tertiary/aromatic N) is 2. The van der Waals surface area contributed by atoms with Gasteiger partial charge in [-0.25, -0.2) is 8.42 Å². The number of sulfonamides is 1. The van der Waals surface area contributed by atoms with Crippen molar-refractivity contribution in [1.29, 1.82) is 0 Å². The number of amides is 1. The molecule has 2 aliphatic heterocycles. The Balaban J connectivity index is 1.42. The van der Waals surface area contributed by atoms with E-state index in [1.54, 1.807) is 12.1 Å². The van der Waals surface area contributed by atoms with Crippen LogP contribution in [0.2, 0.25) is 0 Å². The van der Waals surface area contributed by atoms with Crippen LogP contribution in [0.3, 0.4) is 0 Å². The van der Waals surface area contributed by atoms with E-state index >= 15 is 0 Å². The third-order valence-corrected chi connectivity index (χ3v) is 8.02. The summed E-state index contributed by atoms with van der Waals surface area (Å²) >= 11 is 0. The lowest BCUT2D eigenvalue weighted by Crippen LogP contribution is -2.48. The van der Waals surface area contributed by atoms with Gasteiger partial charge in [-0.2, -0.15) is 4.31 Å². The van der Waals surface area contributed by atoms with E-state index < -0.39 is 10.0 Å². The minimum atomic E-state index is -3.65. The normalized spacial score (nSPS) is 23.5. The SMILES string of the molecule is Cc1ccc([C@H](CNC(=O)c2ccc(S(=O)(=O)N3C[C@H](C)O[C@@H](C)C3)cc2)N2CCOCC2)o1. The second-order valence-electron chi connectivity index (χ2n) is 8.93. The molecule has 9 nitrogen and oxygen atoms in total. The molecule has 10 heteroatoms. The second-order valence-corrected chi connectivity index (χ2v) is 10.9. The minimum absolute atomic E-state index is 0.105. The largest absolute Gasteiger partial charge is 0.465 e. The van der Waals surface area contributed by atoms with Crippen LogP contribution in [0, 0.1) is 6.92 Å². The number of benzene rings is 1. The molecule has 186 valence electrons. The van der Waals surface area contributed by atoms with Crippen LogP contribution in [0.1, 0.15) is 41.8 Å². The molecule has 0 bridgehead atoms. The first-order valence-electron chi connectivity index (χ1n) is 11.7. The number of carbonyl (C=O) groups excluding carboxylic acids is 1. The van der Waals surface area contributed by atoms with Gasteiger partial charge in [0.1, 0.15) is 11.5 Å². The highest BCUT2D eigenvalue weighted by molar-refractivity contribution is 7.89. The average Bonchev–Trinajstić information content (AvgIpc) is 3.25. The van der Waals surface area contributed by atoms with Crippen LogP contribution >= 0.6 is 0 Å². The van der Waals surface area contributed by atoms with Crippen molar-refractivity contribution in [2.75, 3.05) is 45.9 Å². The number of ether oxygens (including phenoxy) is 2. The molecule has 0 spiro atoms. The van der Waals surface area contributed by atoms with Crippen molar-refractivity contribution in [1.82, 2.24) is 14.5 Å². The fourth-order valence-electron chi connectivity index (χ4n) is 4.48. The summed E-state index contributed by atoms with van der Waals surface area (Å²) in [4.78, 5) is 15.3. The Morgan fingerprint density at radius 3 is 2.29 bits per heavy atom. The number of carbonyl (C=O) groups is 1. The van der Waals surface area contributed by atoms with Gasteiger partial charge in [-0.3, -0.25) is 9.69 Å². The molecule has 0 radical (unpaired) electrons. The zero-order chi connectivity index (χ0) is 24.3. The van der Waals surface area contributed by atoms with Gasteiger partial charge in [0.15, 0.2) is 0 Å². The molecule has 3 heterocycles. The topological polar surface area (TPSA) is 101 Å². The third-order valence-electron chi connectivity index (χ3n) is 6.17. The van der Waals surface area contributed by atoms with Crippen LogP contribution in [0.5, 0.6) is 0 Å². The first-order chi connectivity index (χ1) is 16.2. The Morgan fingerprint density at radius 1 is 1.06 bits per heavy atom. The number of hydrogen-bond acceptors (Lipinski definition) is 7. The number of aryl methyl sites for hydroxylation is 1. The van der Waals surface area contributed by atoms with E-state index in [1.165, 1.54) is 16.4 Å². The summed E-state index contributed by atoms with van der Waals surface area (Å²) in [5.74, 6) is 1.36. The lowest BCUT2D eigenvalue weighted by Gasteiger charge is -2.34. The lowest BCUT2D eigenvalue weighted by molar-refractivity contribution is -0.0440. The van der Waals surface area contributed by atoms with Gasteiger partial charge in [0.2, 0.25) is 10.0 Å². The molecule has 2 aliphatic rings. The number of morpholine rings is 2. The Labute approximate surface area is 201 Å². The number of nitrogens with one attached hydrogen (secondary N) is 1. The van der Waals surface area contributed by atoms with Crippen LogP contribution in [-0.2, 0) is 19.5 Å². The standard InChI is InChI=1S/C24H33N3O6S/c1-17-4-9-23(33-17)22(26-10-12-31-13-11-26)14-25-24(28)20-5-7-21(8-6-20)34(29,30)27-15-18(2)32-19(3)16-27/h4-9,18-19,22H,10-16H2,1-3H3,(H,25,28)/t18-,19-,22-/m0/s1. The monoisotopic (exact) mass is 491 g/mol. The molecule has 1 aromatic heterocycles. The highest BCUT2D eigenvalue weighted by Gasteiger charge is 2.32. The number of rotatable bonds is 7. The van der Waals surface area contributed by atoms with E-state index in [1.807, 2.05) is 32.9 Å². The molecule has 0 unspecified atom stereocenters. The van der Waals surface area contributed by atoms with E-state index in [0.29, 0.717) is 38.4 Å². The van der Waals surface area contributed by atoms with Gasteiger partial charge in [0.25, 0.3) is 5.91 Å². The van der Waals surface area contributed by atoms with Crippen LogP contribution in [0.4, 0.5) is 0 Å². The van der Waals surface area contributed by atoms with Crippen molar-refractivity contribution < 1.29 is 27.1 Å². The van der Waals surface area contributed by atoms with Crippen molar-refractivity contribution in [3.63, 3.8) is 0 Å². The van der Waals surface area contributed by atoms with Gasteiger partial charge in [-0.05, 0) is 57.2 Å². The van der Waals surface area contributed by atoms with Gasteiger partial charge in [-0.1, -0.05) is 0 Å². The highest BCUT2D eigenvalue weighted by atomic mass is 32.2. The summed E-state index contributed by atoms with van der Waals surface area (Å²) in [6.45, 7) is 9.40. The van der Waals surface area contributed by atoms with E-state index in [0.717, 1.165) is 24.6 Å². The first-order valence-corrected chi connectivity index (χ1v) is 13.1. The second kappa shape index (κ2) is 10.6. The maximum absolute atomic E-state index is 13.1. The van der Waals surface area contributed by atoms with E-state index in [-0.39, 0.29) is 29.1 Å². The van der Waals surface area contributed by atoms with E-state index in [4.69, 9.17) is 13.9 Å². The summed E-state index contributed by atoms with van der Waals surface area (Å²) in [7, 11) is -3.65. The van der Waals surface area contributed by atoms with Crippen molar-refractivity contribution in [2.45, 2.75) is 43.9 Å². The molecule has 0 aliphatic carbocycles. The van der Waals surface area contributed by atoms with Crippen LogP contribution in [-0.4, -0.2) is 81.7 Å². The predicted octanol–water partition coefficient (Wildman–Crippen LogP) is 2.19. The zero-order valence-corrected chi connectivity index (χ0v) is 20.7. The van der Waals surface area contributed by atoms with Gasteiger partial charge in [0.05, 0.1) is 36.4 Å². The lowest BCUT2D eigenvalue weighted by atomic mass is 10.1. The quantitative estimate of drug-likeness (QED) is 0.634. The molecule has 3 atom stereocenters. The molecular formula is C24H33N3O6S. The van der Waals surface area contributed by atoms with Crippen LogP contribution in [0.25, 0.3) is 0 Å². The summed E-state index contributed by atoms with van der Waals surface area (Å²) in [5, 5.41) is 2.98. The third kappa shape index (κ3) is 5.69. The van der Waals surface area contributed by atoms with Crippen LogP contribution in [0.15, 0.2) is 45.7 Å². The first kappa shape index (κ1) is 24.9. The predicted molar refractivity (Wildman–Crippen MR) is 126 cm³/mol. The summed E-state index contributed by atoms with van der Waals surface area (Å²) in [6.07, 6.45) is -0.332. The molecule has 34 heavy (non-hydrogen) atoms. The fourth-order valence-corrected chi connectivity index (χ4v) is 6.07. The maximum atomic E-state index is 13.1. The fraction of sp³-hybridized carbons (Fsp3) is 0.542. The highest BCUT2D eigenvalue weighted by Crippen LogP contribution is 2.24. The molecular weight excluding hydrogens is 458 g/mol. The van der Waals surface area contributed by atoms with Crippen LogP contribution < -0.4 is 5.32 Å². The van der Waals surface area contributed by atoms with E-state index in [9.17, 15) is 13.2 Å². The summed E-state index contributed by atoms with van der Waals surface area (Å²) in [6, 6.07) is 9.84. The zero-order valence-electron chi connectivity index (χ0n) is 19.9. The van der Waals surface area contributed by atoms with Crippen molar-refractivity contribution >= 4 is 15.9 Å². The van der Waals surface area contributed by atoms with Gasteiger partial charge in [-0.15, -0.1) is 0 Å². The average molecular weight is 492 g/mol. The molecule has 2 aromatic rings. The maximum Gasteiger partial charge on any atom is 0.251 e. The Bertz CT molecular complexity index is 1070. The number of hydrogen-bond donors (Lipinski definition) is 1. The molecule has 1 amide bonds.